The van der Waals surface area contributed by atoms with Gasteiger partial charge in [-0.1, -0.05) is 67.6 Å². The number of rotatable bonds is 9. The Kier molecular flexibility index (Phi) is 7.25. The molecule has 28 heavy (non-hydrogen) atoms. The molecule has 0 radical (unpaired) electrons. The van der Waals surface area contributed by atoms with Crippen molar-refractivity contribution in [3.63, 3.8) is 0 Å². The lowest BCUT2D eigenvalue weighted by Crippen LogP contribution is -2.29. The van der Waals surface area contributed by atoms with E-state index in [1.54, 1.807) is 0 Å². The van der Waals surface area contributed by atoms with E-state index in [0.29, 0.717) is 13.2 Å². The molecule has 3 aromatic carbocycles. The third-order valence-electron chi connectivity index (χ3n) is 4.78. The number of ether oxygens (including phenoxy) is 1. The Morgan fingerprint density at radius 3 is 2.29 bits per heavy atom. The molecule has 1 amide bonds. The van der Waals surface area contributed by atoms with Crippen LogP contribution in [0.4, 0.5) is 0 Å². The highest BCUT2D eigenvalue weighted by atomic mass is 16.5. The summed E-state index contributed by atoms with van der Waals surface area (Å²) in [6.45, 7) is 3.05. The van der Waals surface area contributed by atoms with Gasteiger partial charge in [-0.05, 0) is 54.2 Å². The molecule has 0 aromatic heterocycles. The molecule has 0 atom stereocenters. The maximum absolute atomic E-state index is 12.6. The summed E-state index contributed by atoms with van der Waals surface area (Å²) >= 11 is 0. The van der Waals surface area contributed by atoms with E-state index in [1.807, 2.05) is 54.6 Å². The summed E-state index contributed by atoms with van der Waals surface area (Å²) in [6.07, 6.45) is 2.77. The van der Waals surface area contributed by atoms with E-state index in [2.05, 4.69) is 36.5 Å². The van der Waals surface area contributed by atoms with E-state index < -0.39 is 0 Å². The van der Waals surface area contributed by atoms with Gasteiger partial charge in [0.1, 0.15) is 12.4 Å². The highest BCUT2D eigenvalue weighted by Gasteiger charge is 2.10. The van der Waals surface area contributed by atoms with Gasteiger partial charge in [0.15, 0.2) is 0 Å². The van der Waals surface area contributed by atoms with Crippen LogP contribution in [0.2, 0.25) is 0 Å². The van der Waals surface area contributed by atoms with Crippen LogP contribution in [0.5, 0.6) is 5.75 Å². The predicted molar refractivity (Wildman–Crippen MR) is 114 cm³/mol. The fraction of sp³-hybridized carbons (Fsp3) is 0.240. The lowest BCUT2D eigenvalue weighted by Gasteiger charge is -2.11. The monoisotopic (exact) mass is 373 g/mol. The molecule has 0 saturated heterocycles. The lowest BCUT2D eigenvalue weighted by atomic mass is 9.99. The average Bonchev–Trinajstić information content (AvgIpc) is 2.76. The van der Waals surface area contributed by atoms with Gasteiger partial charge in [0.2, 0.25) is 0 Å². The van der Waals surface area contributed by atoms with Crippen molar-refractivity contribution in [2.45, 2.75) is 26.2 Å². The smallest absolute Gasteiger partial charge is 0.251 e. The maximum atomic E-state index is 12.6. The first kappa shape index (κ1) is 19.7. The molecule has 1 N–H and O–H groups in total. The number of carbonyl (C=O) groups is 1. The maximum Gasteiger partial charge on any atom is 0.251 e. The predicted octanol–water partition coefficient (Wildman–Crippen LogP) is 4.84. The van der Waals surface area contributed by atoms with Crippen molar-refractivity contribution < 1.29 is 9.53 Å². The van der Waals surface area contributed by atoms with Crippen LogP contribution in [0.3, 0.4) is 0 Å². The zero-order chi connectivity index (χ0) is 19.6. The van der Waals surface area contributed by atoms with Gasteiger partial charge >= 0.3 is 0 Å². The number of carbonyl (C=O) groups excluding carboxylic acids is 1. The second-order valence-electron chi connectivity index (χ2n) is 6.74. The van der Waals surface area contributed by atoms with E-state index in [9.17, 15) is 4.79 Å². The second-order valence-corrected chi connectivity index (χ2v) is 6.74. The van der Waals surface area contributed by atoms with Crippen LogP contribution in [-0.4, -0.2) is 19.1 Å². The first-order valence-corrected chi connectivity index (χ1v) is 9.88. The molecule has 3 aromatic rings. The highest BCUT2D eigenvalue weighted by molar-refractivity contribution is 5.95. The molecular weight excluding hydrogens is 346 g/mol. The van der Waals surface area contributed by atoms with Gasteiger partial charge in [-0.15, -0.1) is 0 Å². The molecule has 144 valence electrons. The van der Waals surface area contributed by atoms with Crippen LogP contribution in [-0.2, 0) is 19.3 Å². The Bertz CT molecular complexity index is 873. The van der Waals surface area contributed by atoms with Crippen LogP contribution >= 0.6 is 0 Å². The molecule has 0 aliphatic rings. The second kappa shape index (κ2) is 10.3. The molecule has 3 heteroatoms. The van der Waals surface area contributed by atoms with Gasteiger partial charge < -0.3 is 10.1 Å². The molecule has 3 rings (SSSR count). The fourth-order valence-electron chi connectivity index (χ4n) is 3.13. The Morgan fingerprint density at radius 2 is 1.54 bits per heavy atom. The fourth-order valence-corrected chi connectivity index (χ4v) is 3.13. The zero-order valence-corrected chi connectivity index (χ0v) is 16.4. The Hall–Kier alpha value is -3.07. The van der Waals surface area contributed by atoms with Crippen molar-refractivity contribution in [2.75, 3.05) is 13.2 Å². The Balaban J connectivity index is 1.49. The van der Waals surface area contributed by atoms with Crippen LogP contribution < -0.4 is 10.1 Å². The minimum absolute atomic E-state index is 0.0476. The SMILES string of the molecule is CCc1ccc(OCCNC(=O)c2ccccc2CCc2ccccc2)cc1. The van der Waals surface area contributed by atoms with Crippen molar-refractivity contribution in [1.29, 1.82) is 0 Å². The summed E-state index contributed by atoms with van der Waals surface area (Å²) in [5, 5.41) is 2.97. The number of hydrogen-bond acceptors (Lipinski definition) is 2. The van der Waals surface area contributed by atoms with E-state index in [0.717, 1.165) is 36.1 Å². The molecule has 0 spiro atoms. The number of hydrogen-bond donors (Lipinski definition) is 1. The molecule has 0 unspecified atom stereocenters. The van der Waals surface area contributed by atoms with Crippen LogP contribution in [0.1, 0.15) is 34.0 Å². The minimum atomic E-state index is -0.0476. The molecule has 0 aliphatic carbocycles. The standard InChI is InChI=1S/C25H27NO2/c1-2-20-13-16-23(17-14-20)28-19-18-26-25(27)24-11-7-6-10-22(24)15-12-21-8-4-3-5-9-21/h3-11,13-14,16-17H,2,12,15,18-19H2,1H3,(H,26,27). The molecule has 0 fully saturated rings. The number of nitrogens with one attached hydrogen (secondary N) is 1. The van der Waals surface area contributed by atoms with Crippen molar-refractivity contribution in [2.24, 2.45) is 0 Å². The summed E-state index contributed by atoms with van der Waals surface area (Å²) in [7, 11) is 0. The average molecular weight is 373 g/mol. The number of aryl methyl sites for hydroxylation is 3. The summed E-state index contributed by atoms with van der Waals surface area (Å²) < 4.78 is 5.71. The Labute approximate surface area is 167 Å². The number of amides is 1. The number of benzene rings is 3. The normalized spacial score (nSPS) is 10.5. The third kappa shape index (κ3) is 5.71. The molecular formula is C25H27NO2. The van der Waals surface area contributed by atoms with Crippen molar-refractivity contribution in [3.8, 4) is 5.75 Å². The van der Waals surface area contributed by atoms with Crippen molar-refractivity contribution in [3.05, 3.63) is 101 Å². The molecule has 0 heterocycles. The van der Waals surface area contributed by atoms with Crippen molar-refractivity contribution >= 4 is 5.91 Å². The molecule has 0 bridgehead atoms. The quantitative estimate of drug-likeness (QED) is 0.545. The van der Waals surface area contributed by atoms with E-state index in [-0.39, 0.29) is 5.91 Å². The van der Waals surface area contributed by atoms with E-state index in [4.69, 9.17) is 4.74 Å². The molecule has 0 saturated carbocycles. The van der Waals surface area contributed by atoms with Gasteiger partial charge in [0, 0.05) is 5.56 Å². The van der Waals surface area contributed by atoms with Gasteiger partial charge in [-0.3, -0.25) is 4.79 Å². The molecule has 0 aliphatic heterocycles. The van der Waals surface area contributed by atoms with E-state index in [1.165, 1.54) is 11.1 Å². The van der Waals surface area contributed by atoms with Crippen LogP contribution in [0.25, 0.3) is 0 Å². The van der Waals surface area contributed by atoms with E-state index >= 15 is 0 Å². The zero-order valence-electron chi connectivity index (χ0n) is 16.4. The van der Waals surface area contributed by atoms with Crippen LogP contribution in [0.15, 0.2) is 78.9 Å². The topological polar surface area (TPSA) is 38.3 Å². The highest BCUT2D eigenvalue weighted by Crippen LogP contribution is 2.14. The first-order valence-electron chi connectivity index (χ1n) is 9.88. The van der Waals surface area contributed by atoms with Gasteiger partial charge in [0.25, 0.3) is 5.91 Å². The summed E-state index contributed by atoms with van der Waals surface area (Å²) in [5.74, 6) is 0.781. The first-order chi connectivity index (χ1) is 13.8. The van der Waals surface area contributed by atoms with Gasteiger partial charge in [0.05, 0.1) is 6.54 Å². The summed E-state index contributed by atoms with van der Waals surface area (Å²) in [6, 6.07) is 26.2. The lowest BCUT2D eigenvalue weighted by molar-refractivity contribution is 0.0946. The largest absolute Gasteiger partial charge is 0.492 e. The summed E-state index contributed by atoms with van der Waals surface area (Å²) in [4.78, 5) is 12.6. The van der Waals surface area contributed by atoms with Gasteiger partial charge in [-0.25, -0.2) is 0 Å². The minimum Gasteiger partial charge on any atom is -0.492 e. The van der Waals surface area contributed by atoms with Gasteiger partial charge in [-0.2, -0.15) is 0 Å². The summed E-state index contributed by atoms with van der Waals surface area (Å²) in [5.41, 5.74) is 4.37. The third-order valence-corrected chi connectivity index (χ3v) is 4.78. The molecule has 3 nitrogen and oxygen atoms in total. The van der Waals surface area contributed by atoms with Crippen molar-refractivity contribution in [1.82, 2.24) is 5.32 Å². The van der Waals surface area contributed by atoms with Crippen LogP contribution in [0, 0.1) is 0 Å². The Morgan fingerprint density at radius 1 is 0.821 bits per heavy atom.